The van der Waals surface area contributed by atoms with E-state index in [9.17, 15) is 0 Å². The van der Waals surface area contributed by atoms with Crippen LogP contribution in [0.25, 0.3) is 0 Å². The average molecular weight is 376 g/mol. The lowest BCUT2D eigenvalue weighted by Crippen LogP contribution is -2.01. The van der Waals surface area contributed by atoms with Crippen molar-refractivity contribution in [2.24, 2.45) is 0 Å². The van der Waals surface area contributed by atoms with Crippen LogP contribution in [0.1, 0.15) is 115 Å². The summed E-state index contributed by atoms with van der Waals surface area (Å²) < 4.78 is 0. The Morgan fingerprint density at radius 3 is 1.41 bits per heavy atom. The zero-order chi connectivity index (χ0) is 19.4. The molecule has 0 amide bonds. The van der Waals surface area contributed by atoms with E-state index >= 15 is 0 Å². The molecule has 0 spiro atoms. The molecule has 0 heterocycles. The topological polar surface area (TPSA) is 32.3 Å². The molecule has 0 atom stereocenters. The van der Waals surface area contributed by atoms with Gasteiger partial charge in [-0.3, -0.25) is 0 Å². The first-order valence-electron chi connectivity index (χ1n) is 11.8. The van der Waals surface area contributed by atoms with Crippen molar-refractivity contribution >= 4 is 5.69 Å². The number of anilines is 1. The number of aliphatic hydroxyl groups excluding tert-OH is 1. The predicted octanol–water partition coefficient (Wildman–Crippen LogP) is 7.85. The standard InChI is InChI=1S/C25H45NO/c1-2-3-4-5-6-7-8-9-10-11-12-13-14-15-16-17-22-26-25-20-18-24(23-27)19-21-25/h18-21,26-27H,2-17,22-23H2,1H3. The summed E-state index contributed by atoms with van der Waals surface area (Å²) in [6.45, 7) is 3.47. The van der Waals surface area contributed by atoms with E-state index < -0.39 is 0 Å². The van der Waals surface area contributed by atoms with E-state index in [1.165, 1.54) is 103 Å². The Morgan fingerprint density at radius 2 is 1.00 bits per heavy atom. The van der Waals surface area contributed by atoms with Crippen LogP contribution in [0.5, 0.6) is 0 Å². The maximum atomic E-state index is 9.04. The lowest BCUT2D eigenvalue weighted by molar-refractivity contribution is 0.282. The lowest BCUT2D eigenvalue weighted by atomic mass is 10.0. The normalized spacial score (nSPS) is 11.0. The van der Waals surface area contributed by atoms with Crippen molar-refractivity contribution < 1.29 is 5.11 Å². The molecule has 0 aromatic heterocycles. The van der Waals surface area contributed by atoms with Crippen molar-refractivity contribution in [2.75, 3.05) is 11.9 Å². The van der Waals surface area contributed by atoms with E-state index in [1.54, 1.807) is 0 Å². The van der Waals surface area contributed by atoms with Gasteiger partial charge in [0, 0.05) is 12.2 Å². The lowest BCUT2D eigenvalue weighted by Gasteiger charge is -2.07. The van der Waals surface area contributed by atoms with Gasteiger partial charge in [0.25, 0.3) is 0 Å². The van der Waals surface area contributed by atoms with Gasteiger partial charge in [-0.05, 0) is 24.1 Å². The van der Waals surface area contributed by atoms with E-state index in [4.69, 9.17) is 5.11 Å². The largest absolute Gasteiger partial charge is 0.392 e. The first-order chi connectivity index (χ1) is 13.4. The molecule has 0 bridgehead atoms. The third kappa shape index (κ3) is 14.7. The van der Waals surface area contributed by atoms with Gasteiger partial charge >= 0.3 is 0 Å². The van der Waals surface area contributed by atoms with E-state index in [1.807, 2.05) is 12.1 Å². The van der Waals surface area contributed by atoms with Crippen LogP contribution in [0.2, 0.25) is 0 Å². The Hall–Kier alpha value is -1.02. The van der Waals surface area contributed by atoms with Crippen LogP contribution < -0.4 is 5.32 Å². The Morgan fingerprint density at radius 1 is 0.593 bits per heavy atom. The minimum Gasteiger partial charge on any atom is -0.392 e. The van der Waals surface area contributed by atoms with Crippen molar-refractivity contribution in [3.63, 3.8) is 0 Å². The van der Waals surface area contributed by atoms with Gasteiger partial charge in [-0.2, -0.15) is 0 Å². The summed E-state index contributed by atoms with van der Waals surface area (Å²) >= 11 is 0. The monoisotopic (exact) mass is 375 g/mol. The van der Waals surface area contributed by atoms with E-state index in [0.717, 1.165) is 17.8 Å². The molecule has 0 aliphatic rings. The first-order valence-corrected chi connectivity index (χ1v) is 11.8. The highest BCUT2D eigenvalue weighted by molar-refractivity contribution is 5.44. The summed E-state index contributed by atoms with van der Waals surface area (Å²) in [6, 6.07) is 8.07. The van der Waals surface area contributed by atoms with Gasteiger partial charge in [-0.25, -0.2) is 0 Å². The van der Waals surface area contributed by atoms with Gasteiger partial charge in [0.1, 0.15) is 0 Å². The van der Waals surface area contributed by atoms with E-state index in [2.05, 4.69) is 24.4 Å². The van der Waals surface area contributed by atoms with Crippen LogP contribution >= 0.6 is 0 Å². The third-order valence-electron chi connectivity index (χ3n) is 5.50. The van der Waals surface area contributed by atoms with E-state index in [-0.39, 0.29) is 6.61 Å². The number of aliphatic hydroxyl groups is 1. The van der Waals surface area contributed by atoms with Gasteiger partial charge < -0.3 is 10.4 Å². The Labute approximate surface area is 169 Å². The molecule has 2 N–H and O–H groups in total. The molecule has 1 aromatic carbocycles. The highest BCUT2D eigenvalue weighted by Crippen LogP contribution is 2.14. The number of benzene rings is 1. The summed E-state index contributed by atoms with van der Waals surface area (Å²) in [6.07, 6.45) is 22.7. The minimum atomic E-state index is 0.124. The van der Waals surface area contributed by atoms with Crippen LogP contribution in [-0.4, -0.2) is 11.7 Å². The molecule has 0 fully saturated rings. The summed E-state index contributed by atoms with van der Waals surface area (Å²) in [7, 11) is 0. The second kappa shape index (κ2) is 18.3. The highest BCUT2D eigenvalue weighted by Gasteiger charge is 1.96. The summed E-state index contributed by atoms with van der Waals surface area (Å²) in [5, 5.41) is 12.5. The van der Waals surface area contributed by atoms with Crippen molar-refractivity contribution in [2.45, 2.75) is 116 Å². The Kier molecular flexibility index (Phi) is 16.3. The van der Waals surface area contributed by atoms with Gasteiger partial charge in [0.05, 0.1) is 6.61 Å². The van der Waals surface area contributed by atoms with Crippen LogP contribution in [0.15, 0.2) is 24.3 Å². The minimum absolute atomic E-state index is 0.124. The maximum absolute atomic E-state index is 9.04. The number of rotatable bonds is 19. The zero-order valence-electron chi connectivity index (χ0n) is 18.0. The molecule has 0 saturated heterocycles. The van der Waals surface area contributed by atoms with Crippen molar-refractivity contribution in [3.05, 3.63) is 29.8 Å². The molecule has 0 aliphatic heterocycles. The summed E-state index contributed by atoms with van der Waals surface area (Å²) in [5.74, 6) is 0. The Bertz CT molecular complexity index is 415. The molecular formula is C25H45NO. The quantitative estimate of drug-likeness (QED) is 0.241. The summed E-state index contributed by atoms with van der Waals surface area (Å²) in [5.41, 5.74) is 2.14. The maximum Gasteiger partial charge on any atom is 0.0681 e. The number of unbranched alkanes of at least 4 members (excludes halogenated alkanes) is 15. The smallest absolute Gasteiger partial charge is 0.0681 e. The molecule has 1 aromatic rings. The molecule has 156 valence electrons. The first kappa shape index (κ1) is 24.0. The SMILES string of the molecule is CCCCCCCCCCCCCCCCCCNc1ccc(CO)cc1. The van der Waals surface area contributed by atoms with Crippen LogP contribution in [-0.2, 0) is 6.61 Å². The second-order valence-corrected chi connectivity index (χ2v) is 8.09. The van der Waals surface area contributed by atoms with E-state index in [0.29, 0.717) is 0 Å². The van der Waals surface area contributed by atoms with Gasteiger partial charge in [-0.15, -0.1) is 0 Å². The van der Waals surface area contributed by atoms with Crippen molar-refractivity contribution in [1.29, 1.82) is 0 Å². The second-order valence-electron chi connectivity index (χ2n) is 8.09. The van der Waals surface area contributed by atoms with Crippen LogP contribution in [0, 0.1) is 0 Å². The Balaban J connectivity index is 1.75. The number of nitrogens with one attached hydrogen (secondary N) is 1. The third-order valence-corrected chi connectivity index (χ3v) is 5.50. The average Bonchev–Trinajstić information content (AvgIpc) is 2.70. The number of hydrogen-bond donors (Lipinski definition) is 2. The fourth-order valence-corrected chi connectivity index (χ4v) is 3.63. The molecule has 0 aliphatic carbocycles. The van der Waals surface area contributed by atoms with Crippen molar-refractivity contribution in [1.82, 2.24) is 0 Å². The molecule has 2 nitrogen and oxygen atoms in total. The molecular weight excluding hydrogens is 330 g/mol. The fourth-order valence-electron chi connectivity index (χ4n) is 3.63. The van der Waals surface area contributed by atoms with Crippen molar-refractivity contribution in [3.8, 4) is 0 Å². The molecule has 1 rings (SSSR count). The molecule has 27 heavy (non-hydrogen) atoms. The number of hydrogen-bond acceptors (Lipinski definition) is 2. The summed E-state index contributed by atoms with van der Waals surface area (Å²) in [4.78, 5) is 0. The molecule has 2 heteroatoms. The van der Waals surface area contributed by atoms with Gasteiger partial charge in [-0.1, -0.05) is 115 Å². The molecule has 0 unspecified atom stereocenters. The predicted molar refractivity (Wildman–Crippen MR) is 120 cm³/mol. The van der Waals surface area contributed by atoms with Gasteiger partial charge in [0.15, 0.2) is 0 Å². The van der Waals surface area contributed by atoms with Gasteiger partial charge in [0.2, 0.25) is 0 Å². The molecule has 0 radical (unpaired) electrons. The zero-order valence-corrected chi connectivity index (χ0v) is 18.0. The van der Waals surface area contributed by atoms with Crippen LogP contribution in [0.3, 0.4) is 0 Å². The fraction of sp³-hybridized carbons (Fsp3) is 0.760. The molecule has 0 saturated carbocycles. The highest BCUT2D eigenvalue weighted by atomic mass is 16.3. The van der Waals surface area contributed by atoms with Crippen LogP contribution in [0.4, 0.5) is 5.69 Å².